The van der Waals surface area contributed by atoms with Crippen molar-refractivity contribution in [3.8, 4) is 11.3 Å². The van der Waals surface area contributed by atoms with E-state index in [4.69, 9.17) is 0 Å². The number of carbonyl (C=O) groups is 1. The molecule has 0 aliphatic heterocycles. The van der Waals surface area contributed by atoms with E-state index in [1.54, 1.807) is 18.5 Å². The number of nitrogens with zero attached hydrogens (tertiary/aromatic N) is 4. The van der Waals surface area contributed by atoms with Crippen LogP contribution in [0.25, 0.3) is 11.3 Å². The summed E-state index contributed by atoms with van der Waals surface area (Å²) in [6, 6.07) is 7.44. The van der Waals surface area contributed by atoms with Crippen LogP contribution < -0.4 is 5.32 Å². The smallest absolute Gasteiger partial charge is 0.269 e. The first-order valence-electron chi connectivity index (χ1n) is 7.38. The Morgan fingerprint density at radius 1 is 1.26 bits per heavy atom. The van der Waals surface area contributed by atoms with E-state index in [0.29, 0.717) is 18.8 Å². The summed E-state index contributed by atoms with van der Waals surface area (Å²) in [4.78, 5) is 16.1. The van der Waals surface area contributed by atoms with E-state index in [0.717, 1.165) is 22.6 Å². The van der Waals surface area contributed by atoms with Gasteiger partial charge >= 0.3 is 0 Å². The van der Waals surface area contributed by atoms with Gasteiger partial charge in [-0.25, -0.2) is 0 Å². The van der Waals surface area contributed by atoms with Crippen molar-refractivity contribution >= 4 is 5.91 Å². The van der Waals surface area contributed by atoms with Crippen molar-refractivity contribution in [2.24, 2.45) is 0 Å². The van der Waals surface area contributed by atoms with Gasteiger partial charge in [-0.1, -0.05) is 0 Å². The number of hydrogen-bond donors (Lipinski definition) is 2. The summed E-state index contributed by atoms with van der Waals surface area (Å²) in [6.07, 6.45) is 3.39. The highest BCUT2D eigenvalue weighted by Gasteiger charge is 2.10. The Kier molecular flexibility index (Phi) is 4.18. The molecule has 3 heterocycles. The molecule has 3 aromatic heterocycles. The third kappa shape index (κ3) is 3.45. The van der Waals surface area contributed by atoms with Crippen molar-refractivity contribution in [1.29, 1.82) is 0 Å². The van der Waals surface area contributed by atoms with Gasteiger partial charge in [0.25, 0.3) is 5.91 Å². The average molecular weight is 310 g/mol. The Morgan fingerprint density at radius 2 is 2.04 bits per heavy atom. The van der Waals surface area contributed by atoms with E-state index >= 15 is 0 Å². The number of H-pyrrole nitrogens is 1. The SMILES string of the molecule is Cc1cc(C)n(CCNC(=O)c2cc(-c3ccncc3)n[nH]2)n1. The van der Waals surface area contributed by atoms with E-state index < -0.39 is 0 Å². The lowest BCUT2D eigenvalue weighted by Gasteiger charge is -2.05. The molecule has 7 nitrogen and oxygen atoms in total. The zero-order valence-electron chi connectivity index (χ0n) is 13.1. The van der Waals surface area contributed by atoms with Gasteiger partial charge in [0.15, 0.2) is 0 Å². The molecule has 0 bridgehead atoms. The van der Waals surface area contributed by atoms with Gasteiger partial charge < -0.3 is 5.32 Å². The fourth-order valence-electron chi connectivity index (χ4n) is 2.38. The largest absolute Gasteiger partial charge is 0.349 e. The van der Waals surface area contributed by atoms with Crippen molar-refractivity contribution in [2.45, 2.75) is 20.4 Å². The summed E-state index contributed by atoms with van der Waals surface area (Å²) >= 11 is 0. The molecule has 118 valence electrons. The Hall–Kier alpha value is -2.96. The third-order valence-electron chi connectivity index (χ3n) is 3.51. The maximum Gasteiger partial charge on any atom is 0.269 e. The van der Waals surface area contributed by atoms with Crippen LogP contribution in [0.4, 0.5) is 0 Å². The summed E-state index contributed by atoms with van der Waals surface area (Å²) in [5.74, 6) is -0.181. The molecule has 0 spiro atoms. The molecule has 0 saturated heterocycles. The van der Waals surface area contributed by atoms with Gasteiger partial charge in [-0.05, 0) is 38.1 Å². The second-order valence-electron chi connectivity index (χ2n) is 5.31. The van der Waals surface area contributed by atoms with Crippen LogP contribution in [0.2, 0.25) is 0 Å². The Labute approximate surface area is 133 Å². The number of amides is 1. The molecule has 7 heteroatoms. The lowest BCUT2D eigenvalue weighted by atomic mass is 10.2. The Morgan fingerprint density at radius 3 is 2.74 bits per heavy atom. The second kappa shape index (κ2) is 6.43. The van der Waals surface area contributed by atoms with Crippen LogP contribution in [0.5, 0.6) is 0 Å². The maximum atomic E-state index is 12.1. The normalized spacial score (nSPS) is 10.7. The predicted octanol–water partition coefficient (Wildman–Crippen LogP) is 1.72. The number of nitrogens with one attached hydrogen (secondary N) is 2. The number of rotatable bonds is 5. The van der Waals surface area contributed by atoms with Crippen molar-refractivity contribution in [2.75, 3.05) is 6.54 Å². The van der Waals surface area contributed by atoms with Crippen LogP contribution in [-0.2, 0) is 6.54 Å². The summed E-state index contributed by atoms with van der Waals surface area (Å²) in [5.41, 5.74) is 4.13. The maximum absolute atomic E-state index is 12.1. The number of aromatic amines is 1. The zero-order valence-corrected chi connectivity index (χ0v) is 13.1. The molecule has 0 aromatic carbocycles. The molecule has 2 N–H and O–H groups in total. The summed E-state index contributed by atoms with van der Waals surface area (Å²) in [5, 5.41) is 14.2. The number of carbonyl (C=O) groups excluding carboxylic acids is 1. The van der Waals surface area contributed by atoms with Gasteiger partial charge in [-0.2, -0.15) is 10.2 Å². The number of pyridine rings is 1. The van der Waals surface area contributed by atoms with E-state index in [9.17, 15) is 4.79 Å². The second-order valence-corrected chi connectivity index (χ2v) is 5.31. The molecule has 0 radical (unpaired) electrons. The molecule has 3 rings (SSSR count). The highest BCUT2D eigenvalue weighted by atomic mass is 16.1. The lowest BCUT2D eigenvalue weighted by Crippen LogP contribution is -2.28. The predicted molar refractivity (Wildman–Crippen MR) is 85.9 cm³/mol. The van der Waals surface area contributed by atoms with Crippen LogP contribution >= 0.6 is 0 Å². The minimum Gasteiger partial charge on any atom is -0.349 e. The van der Waals surface area contributed by atoms with Crippen molar-refractivity contribution in [3.05, 3.63) is 53.7 Å². The minimum absolute atomic E-state index is 0.181. The zero-order chi connectivity index (χ0) is 16.2. The highest BCUT2D eigenvalue weighted by molar-refractivity contribution is 5.93. The molecule has 3 aromatic rings. The van der Waals surface area contributed by atoms with Crippen LogP contribution in [0.15, 0.2) is 36.7 Å². The first kappa shape index (κ1) is 15.0. The van der Waals surface area contributed by atoms with E-state index in [-0.39, 0.29) is 5.91 Å². The third-order valence-corrected chi connectivity index (χ3v) is 3.51. The molecule has 0 saturated carbocycles. The molecule has 0 aliphatic carbocycles. The summed E-state index contributed by atoms with van der Waals surface area (Å²) in [7, 11) is 0. The average Bonchev–Trinajstić information content (AvgIpc) is 3.15. The van der Waals surface area contributed by atoms with Gasteiger partial charge in [0.2, 0.25) is 0 Å². The Bertz CT molecular complexity index is 805. The topological polar surface area (TPSA) is 88.5 Å². The van der Waals surface area contributed by atoms with Gasteiger partial charge in [0.05, 0.1) is 17.9 Å². The van der Waals surface area contributed by atoms with E-state index in [1.165, 1.54) is 0 Å². The van der Waals surface area contributed by atoms with Crippen LogP contribution in [-0.4, -0.2) is 37.4 Å². The van der Waals surface area contributed by atoms with Crippen molar-refractivity contribution in [3.63, 3.8) is 0 Å². The molecule has 0 fully saturated rings. The molecular formula is C16H18N6O. The monoisotopic (exact) mass is 310 g/mol. The molecule has 1 amide bonds. The minimum atomic E-state index is -0.181. The summed E-state index contributed by atoms with van der Waals surface area (Å²) in [6.45, 7) is 5.09. The quantitative estimate of drug-likeness (QED) is 0.751. The molecule has 23 heavy (non-hydrogen) atoms. The number of aryl methyl sites for hydroxylation is 2. The molecule has 0 unspecified atom stereocenters. The number of hydrogen-bond acceptors (Lipinski definition) is 4. The van der Waals surface area contributed by atoms with E-state index in [2.05, 4.69) is 25.6 Å². The van der Waals surface area contributed by atoms with Crippen molar-refractivity contribution in [1.82, 2.24) is 30.3 Å². The molecule has 0 aliphatic rings. The van der Waals surface area contributed by atoms with Gasteiger partial charge in [0.1, 0.15) is 5.69 Å². The van der Waals surface area contributed by atoms with Crippen LogP contribution in [0.1, 0.15) is 21.9 Å². The van der Waals surface area contributed by atoms with E-state index in [1.807, 2.05) is 36.7 Å². The fraction of sp³-hybridized carbons (Fsp3) is 0.250. The molecular weight excluding hydrogens is 292 g/mol. The van der Waals surface area contributed by atoms with Crippen LogP contribution in [0, 0.1) is 13.8 Å². The van der Waals surface area contributed by atoms with Crippen molar-refractivity contribution < 1.29 is 4.79 Å². The standard InChI is InChI=1S/C16H18N6O/c1-11-9-12(2)22(21-11)8-7-18-16(23)15-10-14(19-20-15)13-3-5-17-6-4-13/h3-6,9-10H,7-8H2,1-2H3,(H,18,23)(H,19,20). The van der Waals surface area contributed by atoms with Gasteiger partial charge in [-0.15, -0.1) is 0 Å². The fourth-order valence-corrected chi connectivity index (χ4v) is 2.38. The Balaban J connectivity index is 1.59. The van der Waals surface area contributed by atoms with Gasteiger partial charge in [0, 0.05) is 30.2 Å². The summed E-state index contributed by atoms with van der Waals surface area (Å²) < 4.78 is 1.88. The molecule has 0 atom stereocenters. The first-order valence-corrected chi connectivity index (χ1v) is 7.38. The van der Waals surface area contributed by atoms with Crippen LogP contribution in [0.3, 0.4) is 0 Å². The highest BCUT2D eigenvalue weighted by Crippen LogP contribution is 2.15. The first-order chi connectivity index (χ1) is 11.1. The lowest BCUT2D eigenvalue weighted by molar-refractivity contribution is 0.0947. The van der Waals surface area contributed by atoms with Gasteiger partial charge in [-0.3, -0.25) is 19.6 Å². The number of aromatic nitrogens is 5.